The molecule has 0 fully saturated rings. The predicted molar refractivity (Wildman–Crippen MR) is 51.3 cm³/mol. The van der Waals surface area contributed by atoms with Crippen LogP contribution in [-0.4, -0.2) is 18.6 Å². The van der Waals surface area contributed by atoms with Gasteiger partial charge in [-0.15, -0.1) is 0 Å². The van der Waals surface area contributed by atoms with Crippen molar-refractivity contribution in [1.29, 1.82) is 0 Å². The lowest BCUT2D eigenvalue weighted by atomic mass is 10.1. The van der Waals surface area contributed by atoms with E-state index >= 15 is 0 Å². The van der Waals surface area contributed by atoms with Crippen molar-refractivity contribution < 1.29 is 0 Å². The van der Waals surface area contributed by atoms with Gasteiger partial charge in [0.25, 0.3) is 0 Å². The molecule has 62 valence electrons. The summed E-state index contributed by atoms with van der Waals surface area (Å²) in [6.45, 7) is 3.08. The van der Waals surface area contributed by atoms with Gasteiger partial charge in [-0.2, -0.15) is 0 Å². The van der Waals surface area contributed by atoms with E-state index in [-0.39, 0.29) is 0 Å². The fourth-order valence-corrected chi connectivity index (χ4v) is 1.48. The first-order chi connectivity index (χ1) is 5.79. The summed E-state index contributed by atoms with van der Waals surface area (Å²) in [5, 5.41) is 0. The molecule has 0 bridgehead atoms. The second-order valence-corrected chi connectivity index (χ2v) is 3.15. The van der Waals surface area contributed by atoms with Crippen LogP contribution in [0.3, 0.4) is 0 Å². The average molecular weight is 160 g/mol. The molecule has 2 heterocycles. The standard InChI is InChI=1S/C10H12N2/c1-8-5-6-11-10-9(8)4-3-7-12(10)2/h3-6H,7H2,1-2H3. The van der Waals surface area contributed by atoms with Crippen LogP contribution in [0.15, 0.2) is 18.3 Å². The maximum absolute atomic E-state index is 4.34. The Bertz CT molecular complexity index is 329. The minimum absolute atomic E-state index is 0.962. The Balaban J connectivity index is 2.61. The molecule has 0 saturated carbocycles. The third-order valence-electron chi connectivity index (χ3n) is 2.21. The zero-order valence-corrected chi connectivity index (χ0v) is 7.41. The van der Waals surface area contributed by atoms with Crippen LogP contribution in [0, 0.1) is 6.92 Å². The first-order valence-corrected chi connectivity index (χ1v) is 4.12. The Hall–Kier alpha value is -1.31. The van der Waals surface area contributed by atoms with Crippen molar-refractivity contribution in [2.45, 2.75) is 6.92 Å². The van der Waals surface area contributed by atoms with Gasteiger partial charge in [-0.1, -0.05) is 12.2 Å². The van der Waals surface area contributed by atoms with Crippen LogP contribution < -0.4 is 4.90 Å². The summed E-state index contributed by atoms with van der Waals surface area (Å²) in [6.07, 6.45) is 6.18. The smallest absolute Gasteiger partial charge is 0.136 e. The number of aromatic nitrogens is 1. The third-order valence-corrected chi connectivity index (χ3v) is 2.21. The summed E-state index contributed by atoms with van der Waals surface area (Å²) in [7, 11) is 2.06. The molecule has 0 unspecified atom stereocenters. The molecule has 12 heavy (non-hydrogen) atoms. The number of rotatable bonds is 0. The summed E-state index contributed by atoms with van der Waals surface area (Å²) in [5.74, 6) is 1.09. The molecule has 1 aliphatic heterocycles. The maximum atomic E-state index is 4.34. The van der Waals surface area contributed by atoms with Gasteiger partial charge >= 0.3 is 0 Å². The van der Waals surface area contributed by atoms with Crippen molar-refractivity contribution in [3.63, 3.8) is 0 Å². The van der Waals surface area contributed by atoms with Crippen LogP contribution in [0.5, 0.6) is 0 Å². The van der Waals surface area contributed by atoms with Crippen molar-refractivity contribution in [2.24, 2.45) is 0 Å². The Morgan fingerprint density at radius 3 is 3.08 bits per heavy atom. The van der Waals surface area contributed by atoms with Gasteiger partial charge in [0.15, 0.2) is 0 Å². The molecule has 1 aliphatic rings. The number of nitrogens with zero attached hydrogens (tertiary/aromatic N) is 2. The fraction of sp³-hybridized carbons (Fsp3) is 0.300. The Labute approximate surface area is 72.5 Å². The number of fused-ring (bicyclic) bond motifs is 1. The van der Waals surface area contributed by atoms with Crippen LogP contribution >= 0.6 is 0 Å². The van der Waals surface area contributed by atoms with Crippen LogP contribution in [0.1, 0.15) is 11.1 Å². The van der Waals surface area contributed by atoms with Gasteiger partial charge in [0.2, 0.25) is 0 Å². The van der Waals surface area contributed by atoms with E-state index in [9.17, 15) is 0 Å². The molecule has 0 aliphatic carbocycles. The number of anilines is 1. The zero-order chi connectivity index (χ0) is 8.55. The zero-order valence-electron chi connectivity index (χ0n) is 7.41. The molecule has 0 spiro atoms. The highest BCUT2D eigenvalue weighted by atomic mass is 15.2. The van der Waals surface area contributed by atoms with Crippen molar-refractivity contribution >= 4 is 11.9 Å². The first kappa shape index (κ1) is 7.35. The van der Waals surface area contributed by atoms with E-state index in [1.807, 2.05) is 12.3 Å². The van der Waals surface area contributed by atoms with Crippen LogP contribution in [0.2, 0.25) is 0 Å². The molecule has 0 saturated heterocycles. The molecule has 0 radical (unpaired) electrons. The van der Waals surface area contributed by atoms with E-state index in [0.29, 0.717) is 0 Å². The number of likely N-dealkylation sites (N-methyl/N-ethyl adjacent to an activating group) is 1. The molecular formula is C10H12N2. The van der Waals surface area contributed by atoms with Crippen molar-refractivity contribution in [1.82, 2.24) is 4.98 Å². The molecule has 2 nitrogen and oxygen atoms in total. The van der Waals surface area contributed by atoms with Crippen molar-refractivity contribution in [3.8, 4) is 0 Å². The molecule has 2 heteroatoms. The quantitative estimate of drug-likeness (QED) is 0.575. The summed E-state index contributed by atoms with van der Waals surface area (Å²) in [6, 6.07) is 2.04. The molecule has 0 N–H and O–H groups in total. The van der Waals surface area contributed by atoms with Gasteiger partial charge in [-0.25, -0.2) is 4.98 Å². The predicted octanol–water partition coefficient (Wildman–Crippen LogP) is 1.85. The molecular weight excluding hydrogens is 148 g/mol. The monoisotopic (exact) mass is 160 g/mol. The van der Waals surface area contributed by atoms with E-state index in [0.717, 1.165) is 12.4 Å². The number of hydrogen-bond donors (Lipinski definition) is 0. The van der Waals surface area contributed by atoms with E-state index in [4.69, 9.17) is 0 Å². The lowest BCUT2D eigenvalue weighted by molar-refractivity contribution is 0.973. The highest BCUT2D eigenvalue weighted by Gasteiger charge is 2.11. The molecule has 0 amide bonds. The largest absolute Gasteiger partial charge is 0.355 e. The van der Waals surface area contributed by atoms with Crippen LogP contribution in [0.25, 0.3) is 6.08 Å². The Morgan fingerprint density at radius 2 is 2.33 bits per heavy atom. The van der Waals surface area contributed by atoms with E-state index in [1.165, 1.54) is 11.1 Å². The van der Waals surface area contributed by atoms with E-state index in [1.54, 1.807) is 0 Å². The van der Waals surface area contributed by atoms with Crippen molar-refractivity contribution in [3.05, 3.63) is 29.5 Å². The fourth-order valence-electron chi connectivity index (χ4n) is 1.48. The molecule has 0 aromatic carbocycles. The maximum Gasteiger partial charge on any atom is 0.136 e. The molecule has 2 rings (SSSR count). The molecule has 0 atom stereocenters. The third kappa shape index (κ3) is 0.998. The van der Waals surface area contributed by atoms with Gasteiger partial charge in [0, 0.05) is 25.4 Å². The van der Waals surface area contributed by atoms with Crippen LogP contribution in [-0.2, 0) is 0 Å². The van der Waals surface area contributed by atoms with Gasteiger partial charge in [0.1, 0.15) is 5.82 Å². The second kappa shape index (κ2) is 2.63. The summed E-state index contributed by atoms with van der Waals surface area (Å²) in [5.41, 5.74) is 2.55. The Morgan fingerprint density at radius 1 is 1.50 bits per heavy atom. The van der Waals surface area contributed by atoms with Gasteiger partial charge in [-0.3, -0.25) is 0 Å². The van der Waals surface area contributed by atoms with E-state index in [2.05, 4.69) is 36.0 Å². The minimum atomic E-state index is 0.962. The topological polar surface area (TPSA) is 16.1 Å². The molecule has 1 aromatic rings. The van der Waals surface area contributed by atoms with Crippen molar-refractivity contribution in [2.75, 3.05) is 18.5 Å². The van der Waals surface area contributed by atoms with Gasteiger partial charge < -0.3 is 4.90 Å². The summed E-state index contributed by atoms with van der Waals surface area (Å²) >= 11 is 0. The lowest BCUT2D eigenvalue weighted by Crippen LogP contribution is -2.21. The van der Waals surface area contributed by atoms with Gasteiger partial charge in [-0.05, 0) is 18.6 Å². The summed E-state index contributed by atoms with van der Waals surface area (Å²) < 4.78 is 0. The molecule has 1 aromatic heterocycles. The Kier molecular flexibility index (Phi) is 1.61. The highest BCUT2D eigenvalue weighted by Crippen LogP contribution is 2.24. The lowest BCUT2D eigenvalue weighted by Gasteiger charge is -2.22. The number of pyridine rings is 1. The summed E-state index contributed by atoms with van der Waals surface area (Å²) in [4.78, 5) is 6.49. The number of hydrogen-bond acceptors (Lipinski definition) is 2. The average Bonchev–Trinajstić information content (AvgIpc) is 2.07. The van der Waals surface area contributed by atoms with E-state index < -0.39 is 0 Å². The first-order valence-electron chi connectivity index (χ1n) is 4.12. The second-order valence-electron chi connectivity index (χ2n) is 3.15. The highest BCUT2D eigenvalue weighted by molar-refractivity contribution is 5.69. The minimum Gasteiger partial charge on any atom is -0.355 e. The SMILES string of the molecule is Cc1ccnc2c1C=CCN2C. The normalized spacial score (nSPS) is 14.7. The number of aryl methyl sites for hydroxylation is 1. The van der Waals surface area contributed by atoms with Gasteiger partial charge in [0.05, 0.1) is 0 Å². The van der Waals surface area contributed by atoms with Crippen LogP contribution in [0.4, 0.5) is 5.82 Å².